The van der Waals surface area contributed by atoms with Crippen molar-refractivity contribution in [3.8, 4) is 0 Å². The summed E-state index contributed by atoms with van der Waals surface area (Å²) in [6.07, 6.45) is 1.85. The molecule has 1 heterocycles. The van der Waals surface area contributed by atoms with Crippen molar-refractivity contribution in [3.05, 3.63) is 58.1 Å². The second kappa shape index (κ2) is 9.24. The van der Waals surface area contributed by atoms with E-state index in [9.17, 15) is 18.0 Å². The molecule has 2 aromatic rings. The Labute approximate surface area is 185 Å². The monoisotopic (exact) mass is 469 g/mol. The molecule has 0 aliphatic carbocycles. The van der Waals surface area contributed by atoms with Gasteiger partial charge in [0.2, 0.25) is 21.8 Å². The number of halogens is 2. The van der Waals surface area contributed by atoms with Crippen molar-refractivity contribution >= 4 is 56.4 Å². The van der Waals surface area contributed by atoms with E-state index in [0.717, 1.165) is 11.8 Å². The Morgan fingerprint density at radius 1 is 1.07 bits per heavy atom. The molecule has 2 aromatic carbocycles. The predicted octanol–water partition coefficient (Wildman–Crippen LogP) is 3.17. The summed E-state index contributed by atoms with van der Waals surface area (Å²) in [5.41, 5.74) is 2.03. The van der Waals surface area contributed by atoms with Gasteiger partial charge in [0.25, 0.3) is 0 Å². The minimum Gasteiger partial charge on any atom is -0.332 e. The molecule has 0 atom stereocenters. The maximum absolute atomic E-state index is 12.5. The highest BCUT2D eigenvalue weighted by Crippen LogP contribution is 2.28. The summed E-state index contributed by atoms with van der Waals surface area (Å²) in [5, 5.41) is 0.792. The lowest BCUT2D eigenvalue weighted by Gasteiger charge is -2.34. The van der Waals surface area contributed by atoms with Gasteiger partial charge >= 0.3 is 0 Å². The molecule has 160 valence electrons. The molecule has 3 rings (SSSR count). The Hall–Kier alpha value is -2.29. The standard InChI is InChI=1S/C20H21Cl2N3O4S/c1-30(28,29)23-15-5-2-14(3-6-15)4-9-19(26)24-10-11-25(20(27)13-24)16-7-8-17(21)18(22)12-16/h2-3,5-8,12,23H,4,9-11,13H2,1H3. The quantitative estimate of drug-likeness (QED) is 0.703. The summed E-state index contributed by atoms with van der Waals surface area (Å²) < 4.78 is 24.9. The summed E-state index contributed by atoms with van der Waals surface area (Å²) >= 11 is 12.0. The number of anilines is 2. The molecule has 0 saturated carbocycles. The van der Waals surface area contributed by atoms with Gasteiger partial charge < -0.3 is 9.80 Å². The summed E-state index contributed by atoms with van der Waals surface area (Å²) in [6.45, 7) is 0.826. The smallest absolute Gasteiger partial charge is 0.246 e. The van der Waals surface area contributed by atoms with Crippen molar-refractivity contribution in [2.45, 2.75) is 12.8 Å². The number of carbonyl (C=O) groups excluding carboxylic acids is 2. The van der Waals surface area contributed by atoms with Crippen molar-refractivity contribution < 1.29 is 18.0 Å². The van der Waals surface area contributed by atoms with Gasteiger partial charge in [-0.15, -0.1) is 0 Å². The van der Waals surface area contributed by atoms with E-state index in [4.69, 9.17) is 23.2 Å². The number of rotatable bonds is 6. The SMILES string of the molecule is CS(=O)(=O)Nc1ccc(CCC(=O)N2CCN(c3ccc(Cl)c(Cl)c3)C(=O)C2)cc1. The van der Waals surface area contributed by atoms with E-state index in [1.165, 1.54) is 0 Å². The van der Waals surface area contributed by atoms with Crippen LogP contribution in [0.5, 0.6) is 0 Å². The van der Waals surface area contributed by atoms with Gasteiger partial charge in [-0.05, 0) is 42.3 Å². The number of hydrogen-bond acceptors (Lipinski definition) is 4. The fourth-order valence-corrected chi connectivity index (χ4v) is 4.03. The van der Waals surface area contributed by atoms with Gasteiger partial charge in [0, 0.05) is 30.9 Å². The third kappa shape index (κ3) is 5.87. The molecule has 30 heavy (non-hydrogen) atoms. The summed E-state index contributed by atoms with van der Waals surface area (Å²) in [6, 6.07) is 11.9. The zero-order valence-electron chi connectivity index (χ0n) is 16.3. The minimum absolute atomic E-state index is 0.0102. The Morgan fingerprint density at radius 3 is 2.37 bits per heavy atom. The number of nitrogens with one attached hydrogen (secondary N) is 1. The van der Waals surface area contributed by atoms with Crippen molar-refractivity contribution in [1.82, 2.24) is 4.90 Å². The fourth-order valence-electron chi connectivity index (χ4n) is 3.17. The molecule has 0 radical (unpaired) electrons. The zero-order valence-corrected chi connectivity index (χ0v) is 18.6. The van der Waals surface area contributed by atoms with E-state index in [1.807, 2.05) is 0 Å². The molecule has 0 unspecified atom stereocenters. The maximum Gasteiger partial charge on any atom is 0.246 e. The molecule has 1 saturated heterocycles. The van der Waals surface area contributed by atoms with Crippen LogP contribution in [-0.2, 0) is 26.0 Å². The lowest BCUT2D eigenvalue weighted by molar-refractivity contribution is -0.136. The molecule has 0 spiro atoms. The van der Waals surface area contributed by atoms with Crippen LogP contribution in [-0.4, -0.2) is 51.0 Å². The highest BCUT2D eigenvalue weighted by molar-refractivity contribution is 7.92. The average molecular weight is 470 g/mol. The van der Waals surface area contributed by atoms with Gasteiger partial charge in [0.15, 0.2) is 0 Å². The van der Waals surface area contributed by atoms with Gasteiger partial charge in [-0.25, -0.2) is 8.42 Å². The van der Waals surface area contributed by atoms with Crippen LogP contribution in [0, 0.1) is 0 Å². The van der Waals surface area contributed by atoms with Crippen LogP contribution in [0.1, 0.15) is 12.0 Å². The molecule has 7 nitrogen and oxygen atoms in total. The van der Waals surface area contributed by atoms with Crippen LogP contribution in [0.2, 0.25) is 10.0 Å². The van der Waals surface area contributed by atoms with Gasteiger partial charge in [-0.3, -0.25) is 14.3 Å². The lowest BCUT2D eigenvalue weighted by atomic mass is 10.1. The molecular weight excluding hydrogens is 449 g/mol. The largest absolute Gasteiger partial charge is 0.332 e. The molecule has 1 aliphatic rings. The van der Waals surface area contributed by atoms with Gasteiger partial charge in [0.1, 0.15) is 6.54 Å². The average Bonchev–Trinajstić information content (AvgIpc) is 2.68. The summed E-state index contributed by atoms with van der Waals surface area (Å²) in [7, 11) is -3.33. The Morgan fingerprint density at radius 2 is 1.77 bits per heavy atom. The Bertz CT molecular complexity index is 1060. The first kappa shape index (κ1) is 22.4. The third-order valence-electron chi connectivity index (χ3n) is 4.67. The third-order valence-corrected chi connectivity index (χ3v) is 6.02. The number of aryl methyl sites for hydroxylation is 1. The van der Waals surface area contributed by atoms with Crippen molar-refractivity contribution in [1.29, 1.82) is 0 Å². The van der Waals surface area contributed by atoms with Gasteiger partial charge in [0.05, 0.1) is 16.3 Å². The number of hydrogen-bond donors (Lipinski definition) is 1. The molecule has 10 heteroatoms. The Balaban J connectivity index is 1.53. The van der Waals surface area contributed by atoms with Crippen LogP contribution in [0.25, 0.3) is 0 Å². The van der Waals surface area contributed by atoms with Crippen molar-refractivity contribution in [2.75, 3.05) is 35.5 Å². The van der Waals surface area contributed by atoms with Crippen molar-refractivity contribution in [2.24, 2.45) is 0 Å². The van der Waals surface area contributed by atoms with E-state index in [1.54, 1.807) is 52.3 Å². The lowest BCUT2D eigenvalue weighted by Crippen LogP contribution is -2.52. The van der Waals surface area contributed by atoms with Crippen LogP contribution < -0.4 is 9.62 Å². The molecular formula is C20H21Cl2N3O4S. The molecule has 1 fully saturated rings. The van der Waals surface area contributed by atoms with Crippen LogP contribution >= 0.6 is 23.2 Å². The minimum atomic E-state index is -3.33. The first-order chi connectivity index (χ1) is 14.1. The second-order valence-corrected chi connectivity index (χ2v) is 9.59. The number of nitrogens with zero attached hydrogens (tertiary/aromatic N) is 2. The van der Waals surface area contributed by atoms with E-state index in [-0.39, 0.29) is 24.8 Å². The highest BCUT2D eigenvalue weighted by atomic mass is 35.5. The molecule has 0 aromatic heterocycles. The topological polar surface area (TPSA) is 86.8 Å². The number of sulfonamides is 1. The van der Waals surface area contributed by atoms with Crippen molar-refractivity contribution in [3.63, 3.8) is 0 Å². The molecule has 0 bridgehead atoms. The molecule has 2 amide bonds. The van der Waals surface area contributed by atoms with Gasteiger partial charge in [-0.2, -0.15) is 0 Å². The number of piperazine rings is 1. The zero-order chi connectivity index (χ0) is 21.9. The summed E-state index contributed by atoms with van der Waals surface area (Å²) in [5.74, 6) is -0.278. The van der Waals surface area contributed by atoms with Crippen LogP contribution in [0.4, 0.5) is 11.4 Å². The molecule has 1 N–H and O–H groups in total. The highest BCUT2D eigenvalue weighted by Gasteiger charge is 2.28. The second-order valence-electron chi connectivity index (χ2n) is 7.03. The van der Waals surface area contributed by atoms with Crippen LogP contribution in [0.15, 0.2) is 42.5 Å². The first-order valence-electron chi connectivity index (χ1n) is 9.22. The first-order valence-corrected chi connectivity index (χ1v) is 11.9. The maximum atomic E-state index is 12.5. The Kier molecular flexibility index (Phi) is 6.90. The summed E-state index contributed by atoms with van der Waals surface area (Å²) in [4.78, 5) is 28.2. The number of amides is 2. The fraction of sp³-hybridized carbons (Fsp3) is 0.300. The van der Waals surface area contributed by atoms with E-state index in [0.29, 0.717) is 40.9 Å². The normalized spacial score (nSPS) is 14.7. The van der Waals surface area contributed by atoms with E-state index < -0.39 is 10.0 Å². The van der Waals surface area contributed by atoms with Crippen LogP contribution in [0.3, 0.4) is 0 Å². The van der Waals surface area contributed by atoms with E-state index in [2.05, 4.69) is 4.72 Å². The number of benzene rings is 2. The molecule has 1 aliphatic heterocycles. The van der Waals surface area contributed by atoms with Gasteiger partial charge in [-0.1, -0.05) is 35.3 Å². The number of carbonyl (C=O) groups is 2. The predicted molar refractivity (Wildman–Crippen MR) is 119 cm³/mol. The van der Waals surface area contributed by atoms with E-state index >= 15 is 0 Å².